The van der Waals surface area contributed by atoms with Crippen molar-refractivity contribution in [2.24, 2.45) is 0 Å². The van der Waals surface area contributed by atoms with Gasteiger partial charge in [0, 0.05) is 19.1 Å². The molecule has 0 aliphatic rings. The van der Waals surface area contributed by atoms with Crippen LogP contribution in [0.15, 0.2) is 36.4 Å². The number of nitro groups is 1. The minimum absolute atomic E-state index is 0.301. The molecule has 26 heavy (non-hydrogen) atoms. The summed E-state index contributed by atoms with van der Waals surface area (Å²) in [5, 5.41) is 18.9. The third kappa shape index (κ3) is 6.20. The summed E-state index contributed by atoms with van der Waals surface area (Å²) in [6, 6.07) is 5.00. The zero-order valence-corrected chi connectivity index (χ0v) is 13.6. The summed E-state index contributed by atoms with van der Waals surface area (Å²) in [6.45, 7) is 1.08. The van der Waals surface area contributed by atoms with Gasteiger partial charge in [0.15, 0.2) is 0 Å². The van der Waals surface area contributed by atoms with Crippen LogP contribution < -0.4 is 4.74 Å². The number of alkyl halides is 3. The molecule has 140 valence electrons. The monoisotopic (exact) mass is 395 g/mol. The highest BCUT2D eigenvalue weighted by molar-refractivity contribution is 6.32. The summed E-state index contributed by atoms with van der Waals surface area (Å²) in [7, 11) is 0. The van der Waals surface area contributed by atoms with Gasteiger partial charge in [0.25, 0.3) is 0 Å². The lowest BCUT2D eigenvalue weighted by Crippen LogP contribution is -2.04. The van der Waals surface area contributed by atoms with E-state index >= 15 is 0 Å². The number of halogens is 5. The fourth-order valence-corrected chi connectivity index (χ4v) is 1.74. The molecular formula is C15H10ClF4NO5. The molecule has 0 bridgehead atoms. The number of benzene rings is 2. The third-order valence-electron chi connectivity index (χ3n) is 2.65. The van der Waals surface area contributed by atoms with E-state index < -0.39 is 34.1 Å². The minimum atomic E-state index is -4.42. The van der Waals surface area contributed by atoms with Crippen molar-refractivity contribution in [1.29, 1.82) is 0 Å². The number of hydrogen-bond acceptors (Lipinski definition) is 5. The predicted octanol–water partition coefficient (Wildman–Crippen LogP) is 4.72. The molecule has 0 fully saturated rings. The normalized spacial score (nSPS) is 10.5. The summed E-state index contributed by atoms with van der Waals surface area (Å²) in [5.74, 6) is -2.18. The van der Waals surface area contributed by atoms with Crippen molar-refractivity contribution in [3.63, 3.8) is 0 Å². The highest BCUT2D eigenvalue weighted by atomic mass is 35.5. The van der Waals surface area contributed by atoms with Crippen molar-refractivity contribution in [2.75, 3.05) is 0 Å². The lowest BCUT2D eigenvalue weighted by molar-refractivity contribution is -0.385. The van der Waals surface area contributed by atoms with Crippen molar-refractivity contribution < 1.29 is 37.1 Å². The lowest BCUT2D eigenvalue weighted by Gasteiger charge is -2.06. The van der Waals surface area contributed by atoms with Gasteiger partial charge in [-0.2, -0.15) is 13.2 Å². The molecule has 0 saturated carbocycles. The molecule has 2 aromatic carbocycles. The fraction of sp³-hybridized carbons (Fsp3) is 0.133. The molecule has 0 saturated heterocycles. The Labute approximate surface area is 148 Å². The van der Waals surface area contributed by atoms with Gasteiger partial charge < -0.3 is 9.84 Å². The number of carbonyl (C=O) groups excluding carboxylic acids is 1. The van der Waals surface area contributed by atoms with E-state index in [9.17, 15) is 32.5 Å². The number of hydrogen-bond donors (Lipinski definition) is 1. The highest BCUT2D eigenvalue weighted by Crippen LogP contribution is 2.33. The molecule has 0 aliphatic heterocycles. The second kappa shape index (κ2) is 8.48. The Balaban J connectivity index is 0.000000263. The average Bonchev–Trinajstić information content (AvgIpc) is 2.48. The van der Waals surface area contributed by atoms with Crippen LogP contribution in [0.4, 0.5) is 23.2 Å². The van der Waals surface area contributed by atoms with E-state index in [2.05, 4.69) is 4.74 Å². The summed E-state index contributed by atoms with van der Waals surface area (Å²) in [4.78, 5) is 20.2. The maximum atomic E-state index is 12.6. The van der Waals surface area contributed by atoms with Gasteiger partial charge >= 0.3 is 17.8 Å². The zero-order valence-electron chi connectivity index (χ0n) is 12.9. The number of aromatic hydroxyl groups is 1. The Morgan fingerprint density at radius 2 is 1.85 bits per heavy atom. The van der Waals surface area contributed by atoms with Gasteiger partial charge in [0.05, 0.1) is 15.5 Å². The Hall–Kier alpha value is -2.88. The molecule has 0 radical (unpaired) electrons. The molecule has 0 aliphatic carbocycles. The number of ether oxygens (including phenoxy) is 1. The summed E-state index contributed by atoms with van der Waals surface area (Å²) >= 11 is 5.27. The van der Waals surface area contributed by atoms with E-state index in [0.717, 1.165) is 37.3 Å². The highest BCUT2D eigenvalue weighted by Gasteiger charge is 2.30. The van der Waals surface area contributed by atoms with Crippen LogP contribution in [0.1, 0.15) is 12.5 Å². The van der Waals surface area contributed by atoms with Crippen LogP contribution in [-0.4, -0.2) is 16.0 Å². The number of phenols is 1. The number of nitrogens with zero attached hydrogens (tertiary/aromatic N) is 1. The Kier molecular flexibility index (Phi) is 6.90. The van der Waals surface area contributed by atoms with Crippen molar-refractivity contribution in [3.05, 3.63) is 62.9 Å². The maximum Gasteiger partial charge on any atom is 0.416 e. The van der Waals surface area contributed by atoms with Crippen LogP contribution in [0.2, 0.25) is 5.02 Å². The van der Waals surface area contributed by atoms with Crippen molar-refractivity contribution in [3.8, 4) is 11.5 Å². The predicted molar refractivity (Wildman–Crippen MR) is 82.5 cm³/mol. The summed E-state index contributed by atoms with van der Waals surface area (Å²) < 4.78 is 53.0. The van der Waals surface area contributed by atoms with E-state index in [1.165, 1.54) is 0 Å². The molecule has 6 nitrogen and oxygen atoms in total. The van der Waals surface area contributed by atoms with Gasteiger partial charge in [0.1, 0.15) is 11.6 Å². The first-order chi connectivity index (χ1) is 11.9. The molecule has 1 N–H and O–H groups in total. The molecule has 0 aromatic heterocycles. The van der Waals surface area contributed by atoms with Crippen molar-refractivity contribution >= 4 is 23.3 Å². The van der Waals surface area contributed by atoms with Crippen LogP contribution in [0.25, 0.3) is 0 Å². The quantitative estimate of drug-likeness (QED) is 0.261. The number of esters is 1. The topological polar surface area (TPSA) is 89.7 Å². The third-order valence-corrected chi connectivity index (χ3v) is 2.95. The summed E-state index contributed by atoms with van der Waals surface area (Å²) in [5.41, 5.74) is -1.31. The molecule has 0 amide bonds. The average molecular weight is 396 g/mol. The van der Waals surface area contributed by atoms with E-state index in [0.29, 0.717) is 6.07 Å². The van der Waals surface area contributed by atoms with Crippen LogP contribution in [0.3, 0.4) is 0 Å². The second-order valence-electron chi connectivity index (χ2n) is 4.63. The fourth-order valence-electron chi connectivity index (χ4n) is 1.56. The molecule has 2 aromatic rings. The molecule has 2 rings (SSSR count). The molecule has 0 atom stereocenters. The number of carbonyl (C=O) groups is 1. The summed E-state index contributed by atoms with van der Waals surface area (Å²) in [6.07, 6.45) is -4.42. The Bertz CT molecular complexity index is 826. The van der Waals surface area contributed by atoms with E-state index in [1.807, 2.05) is 0 Å². The molecular weight excluding hydrogens is 386 g/mol. The Morgan fingerprint density at radius 1 is 1.23 bits per heavy atom. The minimum Gasteiger partial charge on any atom is -0.506 e. The largest absolute Gasteiger partial charge is 0.506 e. The number of nitro benzene ring substituents is 1. The second-order valence-corrected chi connectivity index (χ2v) is 5.03. The molecule has 0 spiro atoms. The van der Waals surface area contributed by atoms with E-state index in [4.69, 9.17) is 16.7 Å². The smallest absolute Gasteiger partial charge is 0.416 e. The first-order valence-corrected chi connectivity index (χ1v) is 6.97. The van der Waals surface area contributed by atoms with Crippen LogP contribution in [-0.2, 0) is 11.0 Å². The molecule has 0 unspecified atom stereocenters. The number of phenolic OH excluding ortho intramolecular Hbond substituents is 1. The van der Waals surface area contributed by atoms with E-state index in [1.54, 1.807) is 0 Å². The maximum absolute atomic E-state index is 12.6. The van der Waals surface area contributed by atoms with Gasteiger partial charge in [-0.1, -0.05) is 11.6 Å². The van der Waals surface area contributed by atoms with Gasteiger partial charge in [0.2, 0.25) is 5.75 Å². The van der Waals surface area contributed by atoms with Crippen molar-refractivity contribution in [1.82, 2.24) is 0 Å². The number of rotatable bonds is 2. The van der Waals surface area contributed by atoms with Crippen molar-refractivity contribution in [2.45, 2.75) is 13.1 Å². The van der Waals surface area contributed by atoms with Gasteiger partial charge in [-0.15, -0.1) is 0 Å². The van der Waals surface area contributed by atoms with Gasteiger partial charge in [-0.25, -0.2) is 4.39 Å². The van der Waals surface area contributed by atoms with Gasteiger partial charge in [-0.3, -0.25) is 14.9 Å². The lowest BCUT2D eigenvalue weighted by atomic mass is 10.2. The van der Waals surface area contributed by atoms with Crippen LogP contribution in [0, 0.1) is 15.9 Å². The standard InChI is InChI=1S/C8H6FNO4.C7H4ClF3O/c1-5(11)14-8-4-6(9)2-3-7(8)10(12)13;8-5-3-4(7(9,10)11)1-2-6(5)12/h2-4H,1H3;1-3,12H. The van der Waals surface area contributed by atoms with Crippen LogP contribution >= 0.6 is 11.6 Å². The molecule has 0 heterocycles. The first kappa shape index (κ1) is 21.2. The molecule has 11 heteroatoms. The van der Waals surface area contributed by atoms with Crippen LogP contribution in [0.5, 0.6) is 11.5 Å². The van der Waals surface area contributed by atoms with E-state index in [-0.39, 0.29) is 16.5 Å². The first-order valence-electron chi connectivity index (χ1n) is 6.60. The SMILES string of the molecule is CC(=O)Oc1cc(F)ccc1[N+](=O)[O-].Oc1ccc(C(F)(F)F)cc1Cl. The van der Waals surface area contributed by atoms with Gasteiger partial charge in [-0.05, 0) is 24.3 Å². The Morgan fingerprint density at radius 3 is 2.31 bits per heavy atom. The zero-order chi connectivity index (χ0) is 20.1.